The molecule has 28 heavy (non-hydrogen) atoms. The Balaban J connectivity index is 1.40. The largest absolute Gasteiger partial charge is 0.496 e. The highest BCUT2D eigenvalue weighted by Crippen LogP contribution is 2.21. The van der Waals surface area contributed by atoms with Crippen molar-refractivity contribution in [2.45, 2.75) is 32.9 Å². The van der Waals surface area contributed by atoms with Gasteiger partial charge in [-0.25, -0.2) is 0 Å². The van der Waals surface area contributed by atoms with Crippen molar-refractivity contribution in [2.24, 2.45) is 10.9 Å². The van der Waals surface area contributed by atoms with Crippen molar-refractivity contribution >= 4 is 17.3 Å². The van der Waals surface area contributed by atoms with Gasteiger partial charge < -0.3 is 15.4 Å². The van der Waals surface area contributed by atoms with Crippen LogP contribution in [0.3, 0.4) is 0 Å². The summed E-state index contributed by atoms with van der Waals surface area (Å²) in [5.74, 6) is 2.47. The number of rotatable bonds is 7. The molecule has 0 amide bonds. The van der Waals surface area contributed by atoms with E-state index in [9.17, 15) is 0 Å². The fraction of sp³-hybridized carbons (Fsp3) is 0.500. The van der Waals surface area contributed by atoms with Gasteiger partial charge in [-0.2, -0.15) is 0 Å². The van der Waals surface area contributed by atoms with Gasteiger partial charge in [-0.1, -0.05) is 18.2 Å². The lowest BCUT2D eigenvalue weighted by molar-refractivity contribution is 0.179. The molecule has 0 atom stereocenters. The van der Waals surface area contributed by atoms with Crippen molar-refractivity contribution in [3.63, 3.8) is 0 Å². The summed E-state index contributed by atoms with van der Waals surface area (Å²) in [4.78, 5) is 8.40. The molecule has 152 valence electrons. The molecule has 1 aliphatic rings. The van der Waals surface area contributed by atoms with Crippen LogP contribution < -0.4 is 15.4 Å². The zero-order valence-electron chi connectivity index (χ0n) is 17.2. The number of aryl methyl sites for hydroxylation is 1. The van der Waals surface area contributed by atoms with E-state index in [1.165, 1.54) is 36.4 Å². The van der Waals surface area contributed by atoms with E-state index in [1.807, 2.05) is 18.4 Å². The number of hydrogen-bond donors (Lipinski definition) is 2. The predicted molar refractivity (Wildman–Crippen MR) is 118 cm³/mol. The Bertz CT molecular complexity index is 752. The maximum Gasteiger partial charge on any atom is 0.191 e. The Hall–Kier alpha value is -2.05. The van der Waals surface area contributed by atoms with E-state index in [0.717, 1.165) is 30.4 Å². The van der Waals surface area contributed by atoms with E-state index in [-0.39, 0.29) is 0 Å². The fourth-order valence-corrected chi connectivity index (χ4v) is 4.36. The molecule has 0 bridgehead atoms. The molecule has 0 radical (unpaired) electrons. The quantitative estimate of drug-likeness (QED) is 0.550. The van der Waals surface area contributed by atoms with Gasteiger partial charge in [-0.05, 0) is 61.8 Å². The Labute approximate surface area is 172 Å². The molecule has 5 nitrogen and oxygen atoms in total. The van der Waals surface area contributed by atoms with Crippen LogP contribution >= 0.6 is 11.3 Å². The average molecular weight is 401 g/mol. The van der Waals surface area contributed by atoms with Crippen LogP contribution in [0.4, 0.5) is 0 Å². The van der Waals surface area contributed by atoms with Gasteiger partial charge in [0.25, 0.3) is 0 Å². The minimum Gasteiger partial charge on any atom is -0.496 e. The summed E-state index contributed by atoms with van der Waals surface area (Å²) in [6, 6.07) is 10.7. The van der Waals surface area contributed by atoms with Crippen molar-refractivity contribution in [1.29, 1.82) is 0 Å². The second-order valence-corrected chi connectivity index (χ2v) is 8.45. The topological polar surface area (TPSA) is 48.9 Å². The Morgan fingerprint density at radius 3 is 2.75 bits per heavy atom. The van der Waals surface area contributed by atoms with Crippen LogP contribution in [0.1, 0.15) is 28.8 Å². The number of aliphatic imine (C=N–C) groups is 1. The molecule has 2 N–H and O–H groups in total. The van der Waals surface area contributed by atoms with Gasteiger partial charge in [0.05, 0.1) is 7.11 Å². The summed E-state index contributed by atoms with van der Waals surface area (Å²) in [7, 11) is 3.54. The number of benzene rings is 1. The molecule has 0 unspecified atom stereocenters. The summed E-state index contributed by atoms with van der Waals surface area (Å²) in [5, 5.41) is 9.07. The van der Waals surface area contributed by atoms with Crippen molar-refractivity contribution in [2.75, 3.05) is 33.8 Å². The highest BCUT2D eigenvalue weighted by atomic mass is 32.1. The standard InChI is InChI=1S/C22H32N4OS/c1-17-6-7-19(21(13-17)27-3)15-25-22(23-2)24-14-18-8-10-26(11-9-18)16-20-5-4-12-28-20/h4-7,12-13,18H,8-11,14-16H2,1-3H3,(H2,23,24,25). The molecule has 0 aliphatic carbocycles. The van der Waals surface area contributed by atoms with E-state index in [1.54, 1.807) is 7.11 Å². The Morgan fingerprint density at radius 2 is 2.07 bits per heavy atom. The summed E-state index contributed by atoms with van der Waals surface area (Å²) >= 11 is 1.85. The van der Waals surface area contributed by atoms with E-state index < -0.39 is 0 Å². The Kier molecular flexibility index (Phi) is 7.74. The predicted octanol–water partition coefficient (Wildman–Crippen LogP) is 3.64. The van der Waals surface area contributed by atoms with Crippen LogP contribution in [0.2, 0.25) is 0 Å². The van der Waals surface area contributed by atoms with Crippen LogP contribution in [0.25, 0.3) is 0 Å². The maximum atomic E-state index is 5.49. The summed E-state index contributed by atoms with van der Waals surface area (Å²) in [6.45, 7) is 7.19. The van der Waals surface area contributed by atoms with Crippen LogP contribution in [0, 0.1) is 12.8 Å². The molecule has 0 saturated carbocycles. The average Bonchev–Trinajstić information content (AvgIpc) is 3.23. The second-order valence-electron chi connectivity index (χ2n) is 7.42. The fourth-order valence-electron chi connectivity index (χ4n) is 3.61. The normalized spacial score (nSPS) is 16.2. The summed E-state index contributed by atoms with van der Waals surface area (Å²) in [5.41, 5.74) is 2.34. The zero-order valence-corrected chi connectivity index (χ0v) is 18.0. The van der Waals surface area contributed by atoms with Crippen molar-refractivity contribution in [3.8, 4) is 5.75 Å². The SMILES string of the molecule is CN=C(NCc1ccc(C)cc1OC)NCC1CCN(Cc2cccs2)CC1. The molecule has 1 aliphatic heterocycles. The van der Waals surface area contributed by atoms with Crippen LogP contribution in [-0.2, 0) is 13.1 Å². The molecular weight excluding hydrogens is 368 g/mol. The molecule has 1 fully saturated rings. The third kappa shape index (κ3) is 5.97. The number of hydrogen-bond acceptors (Lipinski definition) is 4. The monoisotopic (exact) mass is 400 g/mol. The molecule has 0 spiro atoms. The van der Waals surface area contributed by atoms with Gasteiger partial charge in [0.15, 0.2) is 5.96 Å². The number of guanidine groups is 1. The molecule has 1 aromatic heterocycles. The van der Waals surface area contributed by atoms with Crippen LogP contribution in [-0.4, -0.2) is 44.7 Å². The molecule has 1 aromatic carbocycles. The number of nitrogens with zero attached hydrogens (tertiary/aromatic N) is 2. The minimum absolute atomic E-state index is 0.697. The first-order valence-corrected chi connectivity index (χ1v) is 10.9. The smallest absolute Gasteiger partial charge is 0.191 e. The van der Waals surface area contributed by atoms with Crippen molar-refractivity contribution < 1.29 is 4.74 Å². The highest BCUT2D eigenvalue weighted by molar-refractivity contribution is 7.09. The van der Waals surface area contributed by atoms with Crippen molar-refractivity contribution in [3.05, 3.63) is 51.7 Å². The number of nitrogens with one attached hydrogen (secondary N) is 2. The van der Waals surface area contributed by atoms with Gasteiger partial charge in [-0.15, -0.1) is 11.3 Å². The van der Waals surface area contributed by atoms with Crippen LogP contribution in [0.5, 0.6) is 5.75 Å². The molecule has 2 heterocycles. The molecule has 6 heteroatoms. The lowest BCUT2D eigenvalue weighted by atomic mass is 9.97. The van der Waals surface area contributed by atoms with Crippen molar-refractivity contribution in [1.82, 2.24) is 15.5 Å². The Morgan fingerprint density at radius 1 is 1.25 bits per heavy atom. The minimum atomic E-state index is 0.697. The summed E-state index contributed by atoms with van der Waals surface area (Å²) in [6.07, 6.45) is 2.47. The number of piperidine rings is 1. The number of ether oxygens (including phenoxy) is 1. The lowest BCUT2D eigenvalue weighted by Gasteiger charge is -2.32. The van der Waals surface area contributed by atoms with Gasteiger partial charge in [0, 0.05) is 37.1 Å². The molecule has 2 aromatic rings. The first-order valence-electron chi connectivity index (χ1n) is 10.0. The number of thiophene rings is 1. The highest BCUT2D eigenvalue weighted by Gasteiger charge is 2.19. The molecular formula is C22H32N4OS. The first kappa shape index (κ1) is 20.7. The van der Waals surface area contributed by atoms with Crippen LogP contribution in [0.15, 0.2) is 40.7 Å². The number of likely N-dealkylation sites (tertiary alicyclic amines) is 1. The molecule has 1 saturated heterocycles. The van der Waals surface area contributed by atoms with Gasteiger partial charge in [-0.3, -0.25) is 9.89 Å². The van der Waals surface area contributed by atoms with Gasteiger partial charge in [0.1, 0.15) is 5.75 Å². The van der Waals surface area contributed by atoms with E-state index in [4.69, 9.17) is 4.74 Å². The van der Waals surface area contributed by atoms with E-state index >= 15 is 0 Å². The zero-order chi connectivity index (χ0) is 19.8. The lowest BCUT2D eigenvalue weighted by Crippen LogP contribution is -2.42. The van der Waals surface area contributed by atoms with E-state index in [0.29, 0.717) is 12.5 Å². The van der Waals surface area contributed by atoms with Gasteiger partial charge >= 0.3 is 0 Å². The third-order valence-corrected chi connectivity index (χ3v) is 6.20. The maximum absolute atomic E-state index is 5.49. The third-order valence-electron chi connectivity index (χ3n) is 5.34. The summed E-state index contributed by atoms with van der Waals surface area (Å²) < 4.78 is 5.49. The second kappa shape index (κ2) is 10.5. The first-order chi connectivity index (χ1) is 13.7. The molecule has 3 rings (SSSR count). The van der Waals surface area contributed by atoms with E-state index in [2.05, 4.69) is 63.2 Å². The van der Waals surface area contributed by atoms with Gasteiger partial charge in [0.2, 0.25) is 0 Å². The number of methoxy groups -OCH3 is 1.